The molecule has 166 valence electrons. The molecule has 4 heterocycles. The molecule has 0 saturated carbocycles. The van der Waals surface area contributed by atoms with Gasteiger partial charge < -0.3 is 10.3 Å². The van der Waals surface area contributed by atoms with E-state index in [9.17, 15) is 31.1 Å². The molecular formula is C19H12F6N6O. The van der Waals surface area contributed by atoms with E-state index < -0.39 is 40.9 Å². The van der Waals surface area contributed by atoms with Gasteiger partial charge in [-0.2, -0.15) is 31.4 Å². The molecule has 32 heavy (non-hydrogen) atoms. The zero-order valence-corrected chi connectivity index (χ0v) is 16.0. The van der Waals surface area contributed by atoms with E-state index in [1.165, 1.54) is 24.7 Å². The van der Waals surface area contributed by atoms with Gasteiger partial charge in [-0.05, 0) is 18.2 Å². The maximum atomic E-state index is 14.0. The molecule has 1 amide bonds. The summed E-state index contributed by atoms with van der Waals surface area (Å²) in [5, 5.41) is 6.36. The van der Waals surface area contributed by atoms with E-state index in [0.717, 1.165) is 24.0 Å². The Hall–Kier alpha value is -3.90. The number of aromatic amines is 1. The summed E-state index contributed by atoms with van der Waals surface area (Å²) in [5.41, 5.74) is -3.80. The second kappa shape index (κ2) is 7.35. The maximum Gasteiger partial charge on any atom is 0.433 e. The molecule has 4 aromatic rings. The minimum atomic E-state index is -4.98. The van der Waals surface area contributed by atoms with Crippen LogP contribution in [0.15, 0.2) is 43.0 Å². The highest BCUT2D eigenvalue weighted by Gasteiger charge is 2.42. The van der Waals surface area contributed by atoms with Gasteiger partial charge in [-0.3, -0.25) is 19.4 Å². The Morgan fingerprint density at radius 1 is 1.09 bits per heavy atom. The second-order valence-electron chi connectivity index (χ2n) is 6.70. The molecule has 0 saturated heterocycles. The number of amides is 1. The Balaban J connectivity index is 1.81. The van der Waals surface area contributed by atoms with Gasteiger partial charge in [0, 0.05) is 42.3 Å². The first-order valence-electron chi connectivity index (χ1n) is 8.87. The summed E-state index contributed by atoms with van der Waals surface area (Å²) in [7, 11) is 1.14. The van der Waals surface area contributed by atoms with Gasteiger partial charge in [-0.1, -0.05) is 0 Å². The van der Waals surface area contributed by atoms with E-state index in [4.69, 9.17) is 0 Å². The summed E-state index contributed by atoms with van der Waals surface area (Å²) < 4.78 is 81.4. The van der Waals surface area contributed by atoms with Crippen LogP contribution in [0.2, 0.25) is 0 Å². The van der Waals surface area contributed by atoms with Crippen molar-refractivity contribution in [3.63, 3.8) is 0 Å². The molecule has 0 aromatic carbocycles. The number of carbonyl (C=O) groups excluding carboxylic acids is 1. The van der Waals surface area contributed by atoms with Crippen LogP contribution in [-0.4, -0.2) is 30.6 Å². The van der Waals surface area contributed by atoms with Gasteiger partial charge >= 0.3 is 12.4 Å². The van der Waals surface area contributed by atoms with E-state index in [-0.39, 0.29) is 11.3 Å². The Bertz CT molecular complexity index is 1320. The number of rotatable bonds is 3. The fraction of sp³-hybridized carbons (Fsp3) is 0.158. The van der Waals surface area contributed by atoms with Crippen molar-refractivity contribution in [1.29, 1.82) is 0 Å². The number of nitrogens with zero attached hydrogens (tertiary/aromatic N) is 4. The first-order valence-corrected chi connectivity index (χ1v) is 8.87. The topological polar surface area (TPSA) is 88.5 Å². The van der Waals surface area contributed by atoms with Crippen LogP contribution < -0.4 is 5.32 Å². The Labute approximate surface area is 175 Å². The number of alkyl halides is 6. The van der Waals surface area contributed by atoms with Crippen LogP contribution in [0.1, 0.15) is 21.7 Å². The predicted octanol–water partition coefficient (Wildman–Crippen LogP) is 4.65. The number of aromatic nitrogens is 5. The highest BCUT2D eigenvalue weighted by Crippen LogP contribution is 2.41. The number of halogens is 6. The number of carbonyl (C=O) groups is 1. The number of nitrogens with one attached hydrogen (secondary N) is 2. The quantitative estimate of drug-likeness (QED) is 0.441. The summed E-state index contributed by atoms with van der Waals surface area (Å²) in [6, 6.07) is 3.05. The lowest BCUT2D eigenvalue weighted by Gasteiger charge is -2.12. The molecule has 0 radical (unpaired) electrons. The number of hydrogen-bond acceptors (Lipinski definition) is 4. The Morgan fingerprint density at radius 3 is 2.53 bits per heavy atom. The lowest BCUT2D eigenvalue weighted by molar-refractivity contribution is -0.141. The summed E-state index contributed by atoms with van der Waals surface area (Å²) in [5.74, 6) is -1.28. The Morgan fingerprint density at radius 2 is 1.84 bits per heavy atom. The molecule has 0 fully saturated rings. The van der Waals surface area contributed by atoms with Crippen LogP contribution in [0.3, 0.4) is 0 Å². The number of aryl methyl sites for hydroxylation is 1. The molecule has 0 aliphatic carbocycles. The van der Waals surface area contributed by atoms with Crippen molar-refractivity contribution in [1.82, 2.24) is 24.7 Å². The van der Waals surface area contributed by atoms with Crippen LogP contribution >= 0.6 is 0 Å². The molecular weight excluding hydrogens is 442 g/mol. The Kier molecular flexibility index (Phi) is 4.90. The van der Waals surface area contributed by atoms with Crippen LogP contribution in [-0.2, 0) is 19.4 Å². The summed E-state index contributed by atoms with van der Waals surface area (Å²) in [6.07, 6.45) is -4.86. The zero-order valence-electron chi connectivity index (χ0n) is 16.0. The molecule has 0 atom stereocenters. The number of fused-ring (bicyclic) bond motifs is 1. The van der Waals surface area contributed by atoms with E-state index in [0.29, 0.717) is 17.0 Å². The van der Waals surface area contributed by atoms with Gasteiger partial charge in [0.2, 0.25) is 0 Å². The minimum absolute atomic E-state index is 0.0904. The highest BCUT2D eigenvalue weighted by molar-refractivity contribution is 6.06. The van der Waals surface area contributed by atoms with Crippen molar-refractivity contribution in [3.8, 4) is 11.3 Å². The van der Waals surface area contributed by atoms with Gasteiger partial charge in [-0.25, -0.2) is 0 Å². The molecule has 4 rings (SSSR count). The number of H-pyrrole nitrogens is 1. The number of pyridine rings is 2. The summed E-state index contributed by atoms with van der Waals surface area (Å²) >= 11 is 0. The largest absolute Gasteiger partial charge is 0.433 e. The van der Waals surface area contributed by atoms with Crippen molar-refractivity contribution in [3.05, 3.63) is 59.9 Å². The molecule has 0 aliphatic rings. The first kappa shape index (κ1) is 21.3. The smallest absolute Gasteiger partial charge is 0.359 e. The normalized spacial score (nSPS) is 12.3. The molecule has 0 unspecified atom stereocenters. The minimum Gasteiger partial charge on any atom is -0.359 e. The zero-order chi connectivity index (χ0) is 23.3. The third-order valence-electron chi connectivity index (χ3n) is 4.59. The molecule has 4 aromatic heterocycles. The van der Waals surface area contributed by atoms with Crippen LogP contribution in [0.5, 0.6) is 0 Å². The SMILES string of the molecule is Cn1nc(-c2c[nH]c3cnccc23)c(C(F)(F)F)c1C(=O)Nc1ccnc(C(F)(F)F)c1. The first-order chi connectivity index (χ1) is 15.0. The van der Waals surface area contributed by atoms with Crippen molar-refractivity contribution in [2.24, 2.45) is 7.05 Å². The van der Waals surface area contributed by atoms with Crippen molar-refractivity contribution in [2.45, 2.75) is 12.4 Å². The average molecular weight is 454 g/mol. The summed E-state index contributed by atoms with van der Waals surface area (Å²) in [4.78, 5) is 22.5. The van der Waals surface area contributed by atoms with Crippen LogP contribution in [0.25, 0.3) is 22.2 Å². The fourth-order valence-corrected chi connectivity index (χ4v) is 3.26. The van der Waals surface area contributed by atoms with Gasteiger partial charge in [0.1, 0.15) is 22.6 Å². The van der Waals surface area contributed by atoms with Crippen molar-refractivity contribution in [2.75, 3.05) is 5.32 Å². The van der Waals surface area contributed by atoms with Crippen molar-refractivity contribution < 1.29 is 31.1 Å². The molecule has 2 N–H and O–H groups in total. The van der Waals surface area contributed by atoms with Crippen LogP contribution in [0.4, 0.5) is 32.0 Å². The van der Waals surface area contributed by atoms with E-state index >= 15 is 0 Å². The number of hydrogen-bond donors (Lipinski definition) is 2. The van der Waals surface area contributed by atoms with Gasteiger partial charge in [0.05, 0.1) is 11.7 Å². The molecule has 0 aliphatic heterocycles. The third-order valence-corrected chi connectivity index (χ3v) is 4.59. The molecule has 7 nitrogen and oxygen atoms in total. The highest BCUT2D eigenvalue weighted by atomic mass is 19.4. The standard InChI is InChI=1S/C19H12F6N6O/c1-31-16(17(32)29-9-2-5-27-13(6-9)18(20,21)22)14(19(23,24)25)15(30-31)11-7-28-12-8-26-4-3-10(11)12/h2-8,28H,1H3,(H,27,29,32). The van der Waals surface area contributed by atoms with Gasteiger partial charge in [0.15, 0.2) is 0 Å². The monoisotopic (exact) mass is 454 g/mol. The van der Waals surface area contributed by atoms with E-state index in [1.807, 2.05) is 0 Å². The average Bonchev–Trinajstić information content (AvgIpc) is 3.28. The molecule has 0 spiro atoms. The van der Waals surface area contributed by atoms with E-state index in [1.54, 1.807) is 0 Å². The van der Waals surface area contributed by atoms with Crippen molar-refractivity contribution >= 4 is 22.5 Å². The number of anilines is 1. The predicted molar refractivity (Wildman–Crippen MR) is 100 cm³/mol. The lowest BCUT2D eigenvalue weighted by Crippen LogP contribution is -2.21. The molecule has 0 bridgehead atoms. The molecule has 13 heteroatoms. The van der Waals surface area contributed by atoms with Gasteiger partial charge in [-0.15, -0.1) is 0 Å². The lowest BCUT2D eigenvalue weighted by atomic mass is 10.0. The second-order valence-corrected chi connectivity index (χ2v) is 6.70. The summed E-state index contributed by atoms with van der Waals surface area (Å²) in [6.45, 7) is 0. The van der Waals surface area contributed by atoms with Crippen LogP contribution in [0, 0.1) is 0 Å². The van der Waals surface area contributed by atoms with Gasteiger partial charge in [0.25, 0.3) is 5.91 Å². The third kappa shape index (κ3) is 3.76. The maximum absolute atomic E-state index is 14.0. The van der Waals surface area contributed by atoms with E-state index in [2.05, 4.69) is 25.4 Å². The fourth-order valence-electron chi connectivity index (χ4n) is 3.26.